The highest BCUT2D eigenvalue weighted by atomic mass is 16.2. The summed E-state index contributed by atoms with van der Waals surface area (Å²) in [5, 5.41) is 4.80. The Morgan fingerprint density at radius 2 is 1.71 bits per heavy atom. The minimum absolute atomic E-state index is 0.0148. The Morgan fingerprint density at radius 3 is 2.39 bits per heavy atom. The molecule has 1 aliphatic heterocycles. The van der Waals surface area contributed by atoms with Gasteiger partial charge in [0.05, 0.1) is 0 Å². The van der Waals surface area contributed by atoms with E-state index in [1.165, 1.54) is 0 Å². The van der Waals surface area contributed by atoms with Gasteiger partial charge in [-0.2, -0.15) is 0 Å². The van der Waals surface area contributed by atoms with E-state index in [4.69, 9.17) is 0 Å². The summed E-state index contributed by atoms with van der Waals surface area (Å²) in [6.45, 7) is 3.69. The van der Waals surface area contributed by atoms with Crippen molar-refractivity contribution in [3.63, 3.8) is 0 Å². The Balaban J connectivity index is 1.61. The van der Waals surface area contributed by atoms with Gasteiger partial charge in [-0.25, -0.2) is 9.59 Å². The SMILES string of the molecule is C=C(NNC(=O)Nc1ccccc1)[C@H]1C(=O)NC(=O)N(C2CCCCC2)C1=O. The van der Waals surface area contributed by atoms with Gasteiger partial charge in [0.25, 0.3) is 0 Å². The average Bonchev–Trinajstić information content (AvgIpc) is 2.67. The van der Waals surface area contributed by atoms with Crippen LogP contribution in [0.1, 0.15) is 32.1 Å². The molecular weight excluding hydrogens is 362 g/mol. The lowest BCUT2D eigenvalue weighted by Crippen LogP contribution is -2.62. The van der Waals surface area contributed by atoms with E-state index in [1.807, 2.05) is 6.07 Å². The van der Waals surface area contributed by atoms with Crippen molar-refractivity contribution in [2.45, 2.75) is 38.1 Å². The molecule has 3 rings (SSSR count). The maximum Gasteiger partial charge on any atom is 0.337 e. The number of hydrazine groups is 1. The quantitative estimate of drug-likeness (QED) is 0.456. The highest BCUT2D eigenvalue weighted by Gasteiger charge is 2.45. The third kappa shape index (κ3) is 4.30. The van der Waals surface area contributed by atoms with Crippen LogP contribution < -0.4 is 21.5 Å². The summed E-state index contributed by atoms with van der Waals surface area (Å²) in [4.78, 5) is 50.3. The lowest BCUT2D eigenvalue weighted by Gasteiger charge is -2.37. The maximum absolute atomic E-state index is 12.8. The van der Waals surface area contributed by atoms with Gasteiger partial charge in [-0.3, -0.25) is 25.2 Å². The van der Waals surface area contributed by atoms with Crippen molar-refractivity contribution in [1.29, 1.82) is 0 Å². The van der Waals surface area contributed by atoms with Gasteiger partial charge in [-0.05, 0) is 25.0 Å². The Morgan fingerprint density at radius 1 is 1.04 bits per heavy atom. The molecule has 1 aliphatic carbocycles. The minimum atomic E-state index is -1.29. The van der Waals surface area contributed by atoms with Gasteiger partial charge in [-0.15, -0.1) is 0 Å². The molecule has 2 fully saturated rings. The molecule has 1 saturated heterocycles. The molecule has 1 aromatic rings. The molecule has 6 amide bonds. The van der Waals surface area contributed by atoms with Crippen molar-refractivity contribution in [3.05, 3.63) is 42.6 Å². The molecule has 0 aromatic heterocycles. The fraction of sp³-hybridized carbons (Fsp3) is 0.368. The third-order valence-corrected chi connectivity index (χ3v) is 4.85. The van der Waals surface area contributed by atoms with Gasteiger partial charge in [0.15, 0.2) is 5.92 Å². The zero-order valence-corrected chi connectivity index (χ0v) is 15.4. The number of benzene rings is 1. The summed E-state index contributed by atoms with van der Waals surface area (Å²) >= 11 is 0. The van der Waals surface area contributed by atoms with Crippen LogP contribution in [-0.4, -0.2) is 34.8 Å². The summed E-state index contributed by atoms with van der Waals surface area (Å²) in [5.41, 5.74) is 5.40. The molecule has 0 spiro atoms. The second-order valence-electron chi connectivity index (χ2n) is 6.82. The van der Waals surface area contributed by atoms with E-state index in [1.54, 1.807) is 24.3 Å². The first kappa shape index (κ1) is 19.4. The molecule has 0 radical (unpaired) electrons. The number of carbonyl (C=O) groups excluding carboxylic acids is 4. The van der Waals surface area contributed by atoms with Crippen LogP contribution in [-0.2, 0) is 9.59 Å². The molecule has 0 unspecified atom stereocenters. The van der Waals surface area contributed by atoms with E-state index >= 15 is 0 Å². The molecule has 148 valence electrons. The van der Waals surface area contributed by atoms with Crippen molar-refractivity contribution in [1.82, 2.24) is 21.1 Å². The first-order valence-electron chi connectivity index (χ1n) is 9.22. The van der Waals surface area contributed by atoms with Crippen LogP contribution in [0.5, 0.6) is 0 Å². The number of amides is 6. The Bertz CT molecular complexity index is 789. The number of imide groups is 2. The lowest BCUT2D eigenvalue weighted by molar-refractivity contribution is -0.143. The average molecular weight is 385 g/mol. The van der Waals surface area contributed by atoms with Crippen LogP contribution >= 0.6 is 0 Å². The van der Waals surface area contributed by atoms with Gasteiger partial charge >= 0.3 is 12.1 Å². The largest absolute Gasteiger partial charge is 0.337 e. The number of nitrogens with zero attached hydrogens (tertiary/aromatic N) is 1. The van der Waals surface area contributed by atoms with Crippen LogP contribution in [0.4, 0.5) is 15.3 Å². The van der Waals surface area contributed by atoms with Gasteiger partial charge in [0, 0.05) is 17.4 Å². The normalized spacial score (nSPS) is 20.4. The number of anilines is 1. The molecule has 1 saturated carbocycles. The van der Waals surface area contributed by atoms with Crippen molar-refractivity contribution >= 4 is 29.6 Å². The fourth-order valence-electron chi connectivity index (χ4n) is 3.47. The molecule has 2 aliphatic rings. The molecule has 9 nitrogen and oxygen atoms in total. The smallest absolute Gasteiger partial charge is 0.307 e. The molecule has 9 heteroatoms. The lowest BCUT2D eigenvalue weighted by atomic mass is 9.92. The second-order valence-corrected chi connectivity index (χ2v) is 6.82. The number of para-hydroxylation sites is 1. The number of urea groups is 2. The Kier molecular flexibility index (Phi) is 5.93. The number of carbonyl (C=O) groups is 4. The van der Waals surface area contributed by atoms with Crippen molar-refractivity contribution in [3.8, 4) is 0 Å². The fourth-order valence-corrected chi connectivity index (χ4v) is 3.47. The highest BCUT2D eigenvalue weighted by molar-refractivity contribution is 6.17. The van der Waals surface area contributed by atoms with E-state index in [0.717, 1.165) is 37.0 Å². The summed E-state index contributed by atoms with van der Waals surface area (Å²) in [6, 6.07) is 7.26. The highest BCUT2D eigenvalue weighted by Crippen LogP contribution is 2.27. The van der Waals surface area contributed by atoms with Gasteiger partial charge in [-0.1, -0.05) is 44.0 Å². The van der Waals surface area contributed by atoms with Gasteiger partial charge in [0.2, 0.25) is 11.8 Å². The topological polar surface area (TPSA) is 120 Å². The molecular formula is C19H23N5O4. The van der Waals surface area contributed by atoms with Crippen molar-refractivity contribution in [2.24, 2.45) is 5.92 Å². The van der Waals surface area contributed by atoms with Crippen LogP contribution in [0.25, 0.3) is 0 Å². The third-order valence-electron chi connectivity index (χ3n) is 4.85. The number of rotatable bonds is 5. The molecule has 1 heterocycles. The molecule has 1 atom stereocenters. The van der Waals surface area contributed by atoms with Crippen LogP contribution in [0.15, 0.2) is 42.6 Å². The monoisotopic (exact) mass is 385 g/mol. The van der Waals surface area contributed by atoms with E-state index < -0.39 is 29.8 Å². The van der Waals surface area contributed by atoms with E-state index in [-0.39, 0.29) is 11.7 Å². The zero-order valence-electron chi connectivity index (χ0n) is 15.4. The molecule has 1 aromatic carbocycles. The molecule has 4 N–H and O–H groups in total. The standard InChI is InChI=1S/C19H23N5O4/c1-12(22-23-18(27)20-13-8-4-2-5-9-13)15-16(25)21-19(28)24(17(15)26)14-10-6-3-7-11-14/h2,4-5,8-9,14-15,22H,1,3,6-7,10-11H2,(H2,20,23,27)(H,21,25,28)/t15-/m0/s1. The summed E-state index contributed by atoms with van der Waals surface area (Å²) < 4.78 is 0. The predicted octanol–water partition coefficient (Wildman–Crippen LogP) is 1.85. The summed E-state index contributed by atoms with van der Waals surface area (Å²) in [6.07, 6.45) is 4.37. The van der Waals surface area contributed by atoms with E-state index in [9.17, 15) is 19.2 Å². The summed E-state index contributed by atoms with van der Waals surface area (Å²) in [7, 11) is 0. The Labute approximate surface area is 162 Å². The number of hydrogen-bond acceptors (Lipinski definition) is 5. The minimum Gasteiger partial charge on any atom is -0.307 e. The first-order valence-corrected chi connectivity index (χ1v) is 9.22. The van der Waals surface area contributed by atoms with Gasteiger partial charge in [0.1, 0.15) is 0 Å². The van der Waals surface area contributed by atoms with E-state index in [2.05, 4.69) is 28.1 Å². The second kappa shape index (κ2) is 8.55. The number of nitrogens with one attached hydrogen (secondary N) is 4. The van der Waals surface area contributed by atoms with Crippen LogP contribution in [0, 0.1) is 5.92 Å². The predicted molar refractivity (Wildman–Crippen MR) is 102 cm³/mol. The Hall–Kier alpha value is -3.36. The summed E-state index contributed by atoms with van der Waals surface area (Å²) in [5.74, 6) is -2.68. The van der Waals surface area contributed by atoms with Crippen LogP contribution in [0.2, 0.25) is 0 Å². The zero-order chi connectivity index (χ0) is 20.1. The molecule has 0 bridgehead atoms. The van der Waals surface area contributed by atoms with Crippen molar-refractivity contribution in [2.75, 3.05) is 5.32 Å². The number of hydrogen-bond donors (Lipinski definition) is 4. The first-order chi connectivity index (χ1) is 13.5. The molecule has 28 heavy (non-hydrogen) atoms. The van der Waals surface area contributed by atoms with E-state index in [0.29, 0.717) is 5.69 Å². The maximum atomic E-state index is 12.8. The number of barbiturate groups is 1. The van der Waals surface area contributed by atoms with Crippen molar-refractivity contribution < 1.29 is 19.2 Å². The van der Waals surface area contributed by atoms with Crippen LogP contribution in [0.3, 0.4) is 0 Å². The van der Waals surface area contributed by atoms with Gasteiger partial charge < -0.3 is 10.7 Å².